The van der Waals surface area contributed by atoms with Gasteiger partial charge in [0.05, 0.1) is 6.42 Å². The van der Waals surface area contributed by atoms with Crippen LogP contribution < -0.4 is 0 Å². The van der Waals surface area contributed by atoms with Crippen molar-refractivity contribution in [3.8, 4) is 0 Å². The normalized spacial score (nSPS) is 18.3. The topological polar surface area (TPSA) is 37.3 Å². The molecule has 0 heterocycles. The molecule has 3 unspecified atom stereocenters. The molecule has 0 aromatic heterocycles. The molecule has 3 atom stereocenters. The van der Waals surface area contributed by atoms with Gasteiger partial charge in [-0.2, -0.15) is 0 Å². The monoisotopic (exact) mass is 202 g/mol. The minimum absolute atomic E-state index is 0.658. The summed E-state index contributed by atoms with van der Waals surface area (Å²) in [7, 11) is 0. The molecule has 1 N–H and O–H groups in total. The van der Waals surface area contributed by atoms with Crippen LogP contribution in [-0.4, -0.2) is 29.8 Å². The molecule has 78 valence electrons. The van der Waals surface area contributed by atoms with Crippen molar-refractivity contribution in [3.05, 3.63) is 0 Å². The van der Waals surface area contributed by atoms with E-state index in [1.807, 2.05) is 0 Å². The van der Waals surface area contributed by atoms with E-state index in [9.17, 15) is 22.4 Å². The van der Waals surface area contributed by atoms with Gasteiger partial charge in [-0.15, -0.1) is 0 Å². The van der Waals surface area contributed by atoms with Gasteiger partial charge in [-0.05, 0) is 0 Å². The zero-order chi connectivity index (χ0) is 10.6. The molecule has 6 heteroatoms. The van der Waals surface area contributed by atoms with Crippen molar-refractivity contribution in [2.24, 2.45) is 5.92 Å². The van der Waals surface area contributed by atoms with E-state index in [0.29, 0.717) is 0 Å². The van der Waals surface area contributed by atoms with Gasteiger partial charge in [0.25, 0.3) is 6.43 Å². The molecule has 13 heavy (non-hydrogen) atoms. The number of carboxylic acids is 1. The van der Waals surface area contributed by atoms with E-state index in [-0.39, 0.29) is 0 Å². The first kappa shape index (κ1) is 12.2. The van der Waals surface area contributed by atoms with Crippen LogP contribution in [0.25, 0.3) is 0 Å². The van der Waals surface area contributed by atoms with Gasteiger partial charge in [-0.25, -0.2) is 17.6 Å². The van der Waals surface area contributed by atoms with Crippen LogP contribution in [0.3, 0.4) is 0 Å². The highest BCUT2D eigenvalue weighted by atomic mass is 19.3. The molecule has 0 bridgehead atoms. The van der Waals surface area contributed by atoms with Crippen molar-refractivity contribution in [3.63, 3.8) is 0 Å². The highest BCUT2D eigenvalue weighted by Crippen LogP contribution is 2.22. The number of halogens is 4. The van der Waals surface area contributed by atoms with Crippen LogP contribution in [0.1, 0.15) is 13.3 Å². The average molecular weight is 202 g/mol. The van der Waals surface area contributed by atoms with Crippen LogP contribution in [0, 0.1) is 5.92 Å². The smallest absolute Gasteiger partial charge is 0.303 e. The number of carbonyl (C=O) groups is 1. The minimum Gasteiger partial charge on any atom is -0.481 e. The first-order chi connectivity index (χ1) is 5.86. The summed E-state index contributed by atoms with van der Waals surface area (Å²) in [5.74, 6) is -2.59. The summed E-state index contributed by atoms with van der Waals surface area (Å²) in [5, 5.41) is 8.18. The van der Waals surface area contributed by atoms with Crippen LogP contribution in [-0.2, 0) is 4.79 Å². The van der Waals surface area contributed by atoms with Crippen molar-refractivity contribution in [1.29, 1.82) is 0 Å². The van der Waals surface area contributed by atoms with Gasteiger partial charge in [0.15, 0.2) is 6.17 Å². The summed E-state index contributed by atoms with van der Waals surface area (Å²) in [6, 6.07) is 0. The first-order valence-corrected chi connectivity index (χ1v) is 3.64. The van der Waals surface area contributed by atoms with Crippen molar-refractivity contribution in [2.45, 2.75) is 32.1 Å². The maximum atomic E-state index is 12.7. The van der Waals surface area contributed by atoms with Gasteiger partial charge in [-0.1, -0.05) is 6.92 Å². The molecule has 0 aromatic carbocycles. The molecular weight excluding hydrogens is 192 g/mol. The largest absolute Gasteiger partial charge is 0.481 e. The predicted molar refractivity (Wildman–Crippen MR) is 37.2 cm³/mol. The van der Waals surface area contributed by atoms with Gasteiger partial charge >= 0.3 is 5.97 Å². The predicted octanol–water partition coefficient (Wildman–Crippen LogP) is 2.04. The molecule has 0 radical (unpaired) electrons. The number of carboxylic acid groups (broad SMARTS) is 1. The Kier molecular flexibility index (Phi) is 4.72. The Labute approximate surface area is 72.5 Å². The first-order valence-electron chi connectivity index (χ1n) is 3.64. The Morgan fingerprint density at radius 2 is 1.69 bits per heavy atom. The van der Waals surface area contributed by atoms with E-state index in [1.165, 1.54) is 0 Å². The molecule has 0 aromatic rings. The molecule has 0 saturated heterocycles. The van der Waals surface area contributed by atoms with Crippen molar-refractivity contribution in [2.75, 3.05) is 0 Å². The lowest BCUT2D eigenvalue weighted by molar-refractivity contribution is -0.139. The van der Waals surface area contributed by atoms with Crippen LogP contribution in [0.5, 0.6) is 0 Å². The Hall–Kier alpha value is -0.810. The Morgan fingerprint density at radius 1 is 1.23 bits per heavy atom. The van der Waals surface area contributed by atoms with Crippen molar-refractivity contribution in [1.82, 2.24) is 0 Å². The second kappa shape index (κ2) is 5.04. The molecule has 0 aliphatic carbocycles. The molecule has 0 fully saturated rings. The third-order valence-electron chi connectivity index (χ3n) is 1.59. The molecular formula is C7H10F4O2. The molecule has 0 aliphatic heterocycles. The summed E-state index contributed by atoms with van der Waals surface area (Å²) >= 11 is 0. The summed E-state index contributed by atoms with van der Waals surface area (Å²) in [4.78, 5) is 10.0. The lowest BCUT2D eigenvalue weighted by atomic mass is 9.99. The summed E-state index contributed by atoms with van der Waals surface area (Å²) in [5.41, 5.74) is 0. The fourth-order valence-electron chi connectivity index (χ4n) is 0.841. The van der Waals surface area contributed by atoms with E-state index in [4.69, 9.17) is 5.11 Å². The van der Waals surface area contributed by atoms with Crippen LogP contribution in [0.2, 0.25) is 0 Å². The second-order valence-corrected chi connectivity index (χ2v) is 2.80. The summed E-state index contributed by atoms with van der Waals surface area (Å²) < 4.78 is 48.2. The highest BCUT2D eigenvalue weighted by Gasteiger charge is 2.34. The van der Waals surface area contributed by atoms with Gasteiger partial charge in [0, 0.05) is 5.92 Å². The standard InChI is InChI=1S/C7H10F4O2/c1-3(2-4(12)13)5(8)6(9)7(10)11/h3,5-7H,2H2,1H3,(H,12,13). The van der Waals surface area contributed by atoms with Crippen molar-refractivity contribution < 1.29 is 27.5 Å². The summed E-state index contributed by atoms with van der Waals surface area (Å²) in [6.45, 7) is 1.08. The lowest BCUT2D eigenvalue weighted by Gasteiger charge is -2.17. The molecule has 0 amide bonds. The summed E-state index contributed by atoms with van der Waals surface area (Å²) in [6.07, 6.45) is -9.41. The maximum absolute atomic E-state index is 12.7. The van der Waals surface area contributed by atoms with E-state index >= 15 is 0 Å². The van der Waals surface area contributed by atoms with Gasteiger partial charge in [0.2, 0.25) is 0 Å². The number of aliphatic carboxylic acids is 1. The fourth-order valence-corrected chi connectivity index (χ4v) is 0.841. The fraction of sp³-hybridized carbons (Fsp3) is 0.857. The Morgan fingerprint density at radius 3 is 2.00 bits per heavy atom. The molecule has 0 saturated carbocycles. The number of rotatable bonds is 5. The van der Waals surface area contributed by atoms with E-state index in [0.717, 1.165) is 6.92 Å². The Balaban J connectivity index is 4.08. The third kappa shape index (κ3) is 4.10. The van der Waals surface area contributed by atoms with E-state index < -0.39 is 37.1 Å². The Bertz CT molecular complexity index is 174. The van der Waals surface area contributed by atoms with E-state index in [2.05, 4.69) is 0 Å². The number of alkyl halides is 4. The molecule has 0 spiro atoms. The molecule has 0 rings (SSSR count). The number of hydrogen-bond acceptors (Lipinski definition) is 1. The van der Waals surface area contributed by atoms with E-state index in [1.54, 1.807) is 0 Å². The maximum Gasteiger partial charge on any atom is 0.303 e. The number of hydrogen-bond donors (Lipinski definition) is 1. The van der Waals surface area contributed by atoms with Gasteiger partial charge in [-0.3, -0.25) is 4.79 Å². The van der Waals surface area contributed by atoms with Crippen molar-refractivity contribution >= 4 is 5.97 Å². The van der Waals surface area contributed by atoms with Crippen LogP contribution >= 0.6 is 0 Å². The molecule has 2 nitrogen and oxygen atoms in total. The zero-order valence-electron chi connectivity index (χ0n) is 6.88. The van der Waals surface area contributed by atoms with Gasteiger partial charge in [0.1, 0.15) is 6.17 Å². The SMILES string of the molecule is CC(CC(=O)O)C(F)C(F)C(F)F. The lowest BCUT2D eigenvalue weighted by Crippen LogP contribution is -2.31. The average Bonchev–Trinajstić information content (AvgIpc) is 2.00. The van der Waals surface area contributed by atoms with Crippen LogP contribution in [0.15, 0.2) is 0 Å². The van der Waals surface area contributed by atoms with Crippen LogP contribution in [0.4, 0.5) is 17.6 Å². The van der Waals surface area contributed by atoms with Gasteiger partial charge < -0.3 is 5.11 Å². The second-order valence-electron chi connectivity index (χ2n) is 2.80. The quantitative estimate of drug-likeness (QED) is 0.692. The zero-order valence-corrected chi connectivity index (χ0v) is 6.88. The highest BCUT2D eigenvalue weighted by molar-refractivity contribution is 5.67. The minimum atomic E-state index is -3.41. The molecule has 0 aliphatic rings. The third-order valence-corrected chi connectivity index (χ3v) is 1.59.